The lowest BCUT2D eigenvalue weighted by atomic mass is 9.94. The predicted octanol–water partition coefficient (Wildman–Crippen LogP) is 3.58. The van der Waals surface area contributed by atoms with Crippen LogP contribution >= 0.6 is 11.3 Å². The minimum absolute atomic E-state index is 0.0500. The molecule has 2 aromatic rings. The van der Waals surface area contributed by atoms with Gasteiger partial charge in [0.05, 0.1) is 12.1 Å². The maximum atomic E-state index is 12.3. The first kappa shape index (κ1) is 18.6. The third-order valence-corrected chi connectivity index (χ3v) is 5.33. The van der Waals surface area contributed by atoms with E-state index in [0.29, 0.717) is 6.42 Å². The van der Waals surface area contributed by atoms with Crippen molar-refractivity contribution in [2.75, 3.05) is 6.61 Å². The standard InChI is InChI=1S/C19H26N2O2S/c1-4-14-6-8-15(9-7-14)18-20-16(13-24-18)12-17(23)21-19(3,5-2)10-11-22/h6-9,13,22H,4-5,10-12H2,1-3H3,(H,21,23). The van der Waals surface area contributed by atoms with Crippen molar-refractivity contribution >= 4 is 17.2 Å². The summed E-state index contributed by atoms with van der Waals surface area (Å²) >= 11 is 1.56. The summed E-state index contributed by atoms with van der Waals surface area (Å²) < 4.78 is 0. The molecule has 0 aliphatic rings. The molecule has 1 atom stereocenters. The Balaban J connectivity index is 2.01. The van der Waals surface area contributed by atoms with Crippen LogP contribution in [-0.2, 0) is 17.6 Å². The van der Waals surface area contributed by atoms with Gasteiger partial charge in [-0.1, -0.05) is 38.1 Å². The first-order valence-corrected chi connectivity index (χ1v) is 9.33. The lowest BCUT2D eigenvalue weighted by Crippen LogP contribution is -2.46. The van der Waals surface area contributed by atoms with Crippen LogP contribution in [0.1, 0.15) is 44.9 Å². The monoisotopic (exact) mass is 346 g/mol. The van der Waals surface area contributed by atoms with Crippen molar-refractivity contribution in [3.63, 3.8) is 0 Å². The molecule has 0 saturated heterocycles. The zero-order chi connectivity index (χ0) is 17.6. The number of hydrogen-bond acceptors (Lipinski definition) is 4. The van der Waals surface area contributed by atoms with Crippen LogP contribution in [0.3, 0.4) is 0 Å². The van der Waals surface area contributed by atoms with Gasteiger partial charge in [0.1, 0.15) is 5.01 Å². The average molecular weight is 346 g/mol. The number of carbonyl (C=O) groups excluding carboxylic acids is 1. The van der Waals surface area contributed by atoms with Gasteiger partial charge in [-0.3, -0.25) is 4.79 Å². The van der Waals surface area contributed by atoms with Gasteiger partial charge in [0.2, 0.25) is 5.91 Å². The molecule has 5 heteroatoms. The van der Waals surface area contributed by atoms with E-state index in [1.807, 2.05) is 19.2 Å². The van der Waals surface area contributed by atoms with Crippen LogP contribution < -0.4 is 5.32 Å². The molecule has 130 valence electrons. The fourth-order valence-corrected chi connectivity index (χ4v) is 3.35. The molecule has 1 unspecified atom stereocenters. The highest BCUT2D eigenvalue weighted by Gasteiger charge is 2.23. The summed E-state index contributed by atoms with van der Waals surface area (Å²) in [5.41, 5.74) is 2.82. The zero-order valence-corrected chi connectivity index (χ0v) is 15.4. The first-order valence-electron chi connectivity index (χ1n) is 8.45. The number of nitrogens with one attached hydrogen (secondary N) is 1. The topological polar surface area (TPSA) is 62.2 Å². The van der Waals surface area contributed by atoms with E-state index >= 15 is 0 Å². The fraction of sp³-hybridized carbons (Fsp3) is 0.474. The van der Waals surface area contributed by atoms with Crippen molar-refractivity contribution in [3.05, 3.63) is 40.9 Å². The summed E-state index contributed by atoms with van der Waals surface area (Å²) in [6, 6.07) is 8.39. The molecular formula is C19H26N2O2S. The lowest BCUT2D eigenvalue weighted by molar-refractivity contribution is -0.122. The van der Waals surface area contributed by atoms with Crippen LogP contribution in [0.25, 0.3) is 10.6 Å². The molecule has 1 aromatic heterocycles. The third kappa shape index (κ3) is 4.89. The Morgan fingerprint density at radius 2 is 2.00 bits per heavy atom. The van der Waals surface area contributed by atoms with Gasteiger partial charge in [0, 0.05) is 23.1 Å². The number of hydrogen-bond donors (Lipinski definition) is 2. The zero-order valence-electron chi connectivity index (χ0n) is 14.6. The molecule has 24 heavy (non-hydrogen) atoms. The van der Waals surface area contributed by atoms with Gasteiger partial charge in [0.15, 0.2) is 0 Å². The van der Waals surface area contributed by atoms with E-state index in [1.54, 1.807) is 11.3 Å². The van der Waals surface area contributed by atoms with Gasteiger partial charge in [-0.2, -0.15) is 0 Å². The van der Waals surface area contributed by atoms with Crippen LogP contribution in [0.2, 0.25) is 0 Å². The van der Waals surface area contributed by atoms with Crippen LogP contribution in [0.4, 0.5) is 0 Å². The van der Waals surface area contributed by atoms with Gasteiger partial charge >= 0.3 is 0 Å². The molecule has 1 amide bonds. The average Bonchev–Trinajstić information content (AvgIpc) is 3.03. The Kier molecular flexibility index (Phi) is 6.52. The van der Waals surface area contributed by atoms with E-state index in [9.17, 15) is 4.79 Å². The van der Waals surface area contributed by atoms with Crippen molar-refractivity contribution in [2.45, 2.75) is 52.0 Å². The number of nitrogens with zero attached hydrogens (tertiary/aromatic N) is 1. The summed E-state index contributed by atoms with van der Waals surface area (Å²) in [6.45, 7) is 6.18. The van der Waals surface area contributed by atoms with Gasteiger partial charge in [-0.25, -0.2) is 4.98 Å². The molecule has 1 heterocycles. The second-order valence-electron chi connectivity index (χ2n) is 6.31. The van der Waals surface area contributed by atoms with Gasteiger partial charge in [-0.15, -0.1) is 11.3 Å². The Morgan fingerprint density at radius 3 is 2.58 bits per heavy atom. The van der Waals surface area contributed by atoms with Crippen LogP contribution in [0, 0.1) is 0 Å². The highest BCUT2D eigenvalue weighted by Crippen LogP contribution is 2.24. The Morgan fingerprint density at radius 1 is 1.29 bits per heavy atom. The summed E-state index contributed by atoms with van der Waals surface area (Å²) in [5, 5.41) is 15.0. The fourth-order valence-electron chi connectivity index (χ4n) is 2.52. The van der Waals surface area contributed by atoms with Crippen LogP contribution in [-0.4, -0.2) is 28.1 Å². The van der Waals surface area contributed by atoms with E-state index in [-0.39, 0.29) is 24.5 Å². The summed E-state index contributed by atoms with van der Waals surface area (Å²) in [6.07, 6.45) is 2.63. The molecule has 0 radical (unpaired) electrons. The SMILES string of the molecule is CCc1ccc(-c2nc(CC(=O)NC(C)(CC)CCO)cs2)cc1. The minimum Gasteiger partial charge on any atom is -0.396 e. The van der Waals surface area contributed by atoms with E-state index in [0.717, 1.165) is 29.1 Å². The largest absolute Gasteiger partial charge is 0.396 e. The lowest BCUT2D eigenvalue weighted by Gasteiger charge is -2.28. The van der Waals surface area contributed by atoms with Crippen molar-refractivity contribution in [1.82, 2.24) is 10.3 Å². The first-order chi connectivity index (χ1) is 11.5. The highest BCUT2D eigenvalue weighted by atomic mass is 32.1. The number of thiazole rings is 1. The molecule has 0 saturated carbocycles. The second kappa shape index (κ2) is 8.40. The van der Waals surface area contributed by atoms with E-state index in [1.165, 1.54) is 5.56 Å². The van der Waals surface area contributed by atoms with Gasteiger partial charge < -0.3 is 10.4 Å². The minimum atomic E-state index is -0.360. The van der Waals surface area contributed by atoms with Crippen molar-refractivity contribution in [1.29, 1.82) is 0 Å². The van der Waals surface area contributed by atoms with Crippen molar-refractivity contribution in [3.8, 4) is 10.6 Å². The second-order valence-corrected chi connectivity index (χ2v) is 7.17. The normalized spacial score (nSPS) is 13.5. The number of benzene rings is 1. The molecule has 0 spiro atoms. The molecule has 4 nitrogen and oxygen atoms in total. The number of aromatic nitrogens is 1. The van der Waals surface area contributed by atoms with E-state index in [4.69, 9.17) is 5.11 Å². The van der Waals surface area contributed by atoms with E-state index < -0.39 is 0 Å². The number of carbonyl (C=O) groups is 1. The summed E-state index contributed by atoms with van der Waals surface area (Å²) in [7, 11) is 0. The molecule has 0 aliphatic carbocycles. The van der Waals surface area contributed by atoms with E-state index in [2.05, 4.69) is 41.5 Å². The highest BCUT2D eigenvalue weighted by molar-refractivity contribution is 7.13. The molecular weight excluding hydrogens is 320 g/mol. The van der Waals surface area contributed by atoms with Crippen LogP contribution in [0.5, 0.6) is 0 Å². The summed E-state index contributed by atoms with van der Waals surface area (Å²) in [5.74, 6) is -0.0500. The maximum absolute atomic E-state index is 12.3. The van der Waals surface area contributed by atoms with Crippen LogP contribution in [0.15, 0.2) is 29.6 Å². The molecule has 2 rings (SSSR count). The Labute approximate surface area is 148 Å². The Bertz CT molecular complexity index is 666. The molecule has 0 aliphatic heterocycles. The molecule has 1 aromatic carbocycles. The van der Waals surface area contributed by atoms with Crippen molar-refractivity contribution in [2.24, 2.45) is 0 Å². The van der Waals surface area contributed by atoms with Gasteiger partial charge in [0.25, 0.3) is 0 Å². The molecule has 0 bridgehead atoms. The Hall–Kier alpha value is -1.72. The smallest absolute Gasteiger partial charge is 0.226 e. The molecule has 2 N–H and O–H groups in total. The molecule has 0 fully saturated rings. The maximum Gasteiger partial charge on any atom is 0.226 e. The van der Waals surface area contributed by atoms with Crippen molar-refractivity contribution < 1.29 is 9.90 Å². The number of aliphatic hydroxyl groups excluding tert-OH is 1. The third-order valence-electron chi connectivity index (χ3n) is 4.39. The number of rotatable bonds is 8. The summed E-state index contributed by atoms with van der Waals surface area (Å²) in [4.78, 5) is 16.8. The van der Waals surface area contributed by atoms with Gasteiger partial charge in [-0.05, 0) is 31.7 Å². The number of aliphatic hydroxyl groups is 1. The predicted molar refractivity (Wildman–Crippen MR) is 99.2 cm³/mol. The quantitative estimate of drug-likeness (QED) is 0.768. The number of amides is 1. The number of aryl methyl sites for hydroxylation is 1.